The molecular formula is C11H18O4. The van der Waals surface area contributed by atoms with Gasteiger partial charge in [-0.2, -0.15) is 0 Å². The summed E-state index contributed by atoms with van der Waals surface area (Å²) in [6, 6.07) is 0. The molecule has 0 spiro atoms. The summed E-state index contributed by atoms with van der Waals surface area (Å²) in [6.07, 6.45) is 2.97. The molecule has 86 valence electrons. The molecule has 0 heterocycles. The summed E-state index contributed by atoms with van der Waals surface area (Å²) in [7, 11) is 1.39. The SMILES string of the molecule is COC(=O)C1(C)CCCC(OC(C)=O)C1. The molecule has 0 bridgehead atoms. The zero-order chi connectivity index (χ0) is 11.5. The van der Waals surface area contributed by atoms with Crippen LogP contribution in [0.25, 0.3) is 0 Å². The van der Waals surface area contributed by atoms with Crippen molar-refractivity contribution in [2.24, 2.45) is 5.41 Å². The van der Waals surface area contributed by atoms with E-state index in [2.05, 4.69) is 0 Å². The fourth-order valence-electron chi connectivity index (χ4n) is 2.19. The Morgan fingerprint density at radius 1 is 1.40 bits per heavy atom. The van der Waals surface area contributed by atoms with E-state index in [1.807, 2.05) is 6.92 Å². The van der Waals surface area contributed by atoms with Crippen LogP contribution in [0.15, 0.2) is 0 Å². The number of rotatable bonds is 2. The van der Waals surface area contributed by atoms with E-state index in [0.29, 0.717) is 6.42 Å². The first kappa shape index (κ1) is 12.0. The minimum absolute atomic E-state index is 0.139. The molecule has 1 saturated carbocycles. The highest BCUT2D eigenvalue weighted by Crippen LogP contribution is 2.38. The van der Waals surface area contributed by atoms with Gasteiger partial charge in [-0.3, -0.25) is 9.59 Å². The van der Waals surface area contributed by atoms with Gasteiger partial charge in [-0.15, -0.1) is 0 Å². The van der Waals surface area contributed by atoms with Crippen LogP contribution in [0.4, 0.5) is 0 Å². The summed E-state index contributed by atoms with van der Waals surface area (Å²) in [6.45, 7) is 3.26. The lowest BCUT2D eigenvalue weighted by Crippen LogP contribution is -2.38. The first-order chi connectivity index (χ1) is 6.98. The minimum Gasteiger partial charge on any atom is -0.469 e. The highest BCUT2D eigenvalue weighted by Gasteiger charge is 2.40. The van der Waals surface area contributed by atoms with E-state index in [1.165, 1.54) is 14.0 Å². The smallest absolute Gasteiger partial charge is 0.311 e. The molecule has 0 aliphatic heterocycles. The first-order valence-electron chi connectivity index (χ1n) is 5.23. The number of ether oxygens (including phenoxy) is 2. The highest BCUT2D eigenvalue weighted by atomic mass is 16.5. The van der Waals surface area contributed by atoms with Gasteiger partial charge in [-0.05, 0) is 26.2 Å². The molecule has 0 N–H and O–H groups in total. The topological polar surface area (TPSA) is 52.6 Å². The van der Waals surface area contributed by atoms with Gasteiger partial charge >= 0.3 is 11.9 Å². The Balaban J connectivity index is 2.62. The van der Waals surface area contributed by atoms with E-state index in [1.54, 1.807) is 0 Å². The summed E-state index contributed by atoms with van der Waals surface area (Å²) >= 11 is 0. The van der Waals surface area contributed by atoms with Crippen molar-refractivity contribution in [2.45, 2.75) is 45.6 Å². The van der Waals surface area contributed by atoms with Gasteiger partial charge in [0.2, 0.25) is 0 Å². The van der Waals surface area contributed by atoms with Crippen LogP contribution in [0.2, 0.25) is 0 Å². The van der Waals surface area contributed by atoms with Gasteiger partial charge in [0.05, 0.1) is 12.5 Å². The maximum absolute atomic E-state index is 11.6. The van der Waals surface area contributed by atoms with Crippen molar-refractivity contribution in [1.82, 2.24) is 0 Å². The Labute approximate surface area is 89.9 Å². The molecule has 15 heavy (non-hydrogen) atoms. The molecule has 1 fully saturated rings. The van der Waals surface area contributed by atoms with E-state index >= 15 is 0 Å². The predicted molar refractivity (Wildman–Crippen MR) is 54.1 cm³/mol. The molecule has 0 aromatic heterocycles. The molecule has 2 unspecified atom stereocenters. The van der Waals surface area contributed by atoms with E-state index in [-0.39, 0.29) is 18.0 Å². The van der Waals surface area contributed by atoms with Gasteiger partial charge in [0.15, 0.2) is 0 Å². The lowest BCUT2D eigenvalue weighted by Gasteiger charge is -2.35. The third-order valence-corrected chi connectivity index (χ3v) is 2.94. The molecular weight excluding hydrogens is 196 g/mol. The number of carbonyl (C=O) groups excluding carboxylic acids is 2. The molecule has 0 radical (unpaired) electrons. The molecule has 4 heteroatoms. The largest absolute Gasteiger partial charge is 0.469 e. The van der Waals surface area contributed by atoms with Crippen LogP contribution in [-0.4, -0.2) is 25.2 Å². The Kier molecular flexibility index (Phi) is 3.72. The summed E-state index contributed by atoms with van der Waals surface area (Å²) in [5, 5.41) is 0. The molecule has 1 rings (SSSR count). The van der Waals surface area contributed by atoms with Gasteiger partial charge in [0.1, 0.15) is 6.10 Å². The maximum Gasteiger partial charge on any atom is 0.311 e. The average Bonchev–Trinajstić information content (AvgIpc) is 2.15. The Hall–Kier alpha value is -1.06. The van der Waals surface area contributed by atoms with Crippen LogP contribution >= 0.6 is 0 Å². The highest BCUT2D eigenvalue weighted by molar-refractivity contribution is 5.76. The fourth-order valence-corrected chi connectivity index (χ4v) is 2.19. The summed E-state index contributed by atoms with van der Waals surface area (Å²) in [4.78, 5) is 22.4. The predicted octanol–water partition coefficient (Wildman–Crippen LogP) is 1.67. The second-order valence-corrected chi connectivity index (χ2v) is 4.38. The summed E-state index contributed by atoms with van der Waals surface area (Å²) in [5.74, 6) is -0.492. The van der Waals surface area contributed by atoms with E-state index in [9.17, 15) is 9.59 Å². The number of carbonyl (C=O) groups is 2. The van der Waals surface area contributed by atoms with Gasteiger partial charge in [-0.25, -0.2) is 0 Å². The van der Waals surface area contributed by atoms with Crippen LogP contribution in [0, 0.1) is 5.41 Å². The van der Waals surface area contributed by atoms with Crippen LogP contribution in [0.5, 0.6) is 0 Å². The Morgan fingerprint density at radius 2 is 2.07 bits per heavy atom. The standard InChI is InChI=1S/C11H18O4/c1-8(12)15-9-5-4-6-11(2,7-9)10(13)14-3/h9H,4-7H2,1-3H3. The normalized spacial score (nSPS) is 30.7. The molecule has 1 aliphatic carbocycles. The minimum atomic E-state index is -0.493. The monoisotopic (exact) mass is 214 g/mol. The van der Waals surface area contributed by atoms with Gasteiger partial charge in [0, 0.05) is 13.3 Å². The summed E-state index contributed by atoms with van der Waals surface area (Å²) in [5.41, 5.74) is -0.493. The Bertz CT molecular complexity index is 261. The van der Waals surface area contributed by atoms with Crippen molar-refractivity contribution in [3.05, 3.63) is 0 Å². The van der Waals surface area contributed by atoms with Crippen LogP contribution < -0.4 is 0 Å². The molecule has 0 amide bonds. The molecule has 0 saturated heterocycles. The number of esters is 2. The van der Waals surface area contributed by atoms with Crippen LogP contribution in [0.3, 0.4) is 0 Å². The number of methoxy groups -OCH3 is 1. The van der Waals surface area contributed by atoms with Crippen molar-refractivity contribution in [3.63, 3.8) is 0 Å². The van der Waals surface area contributed by atoms with Crippen molar-refractivity contribution in [1.29, 1.82) is 0 Å². The quantitative estimate of drug-likeness (QED) is 0.656. The first-order valence-corrected chi connectivity index (χ1v) is 5.23. The molecule has 0 aromatic carbocycles. The molecule has 2 atom stereocenters. The average molecular weight is 214 g/mol. The van der Waals surface area contributed by atoms with Crippen molar-refractivity contribution >= 4 is 11.9 Å². The van der Waals surface area contributed by atoms with E-state index < -0.39 is 5.41 Å². The second-order valence-electron chi connectivity index (χ2n) is 4.38. The zero-order valence-corrected chi connectivity index (χ0v) is 9.54. The van der Waals surface area contributed by atoms with Crippen LogP contribution in [-0.2, 0) is 19.1 Å². The number of hydrogen-bond acceptors (Lipinski definition) is 4. The third-order valence-electron chi connectivity index (χ3n) is 2.94. The van der Waals surface area contributed by atoms with Gasteiger partial charge < -0.3 is 9.47 Å². The van der Waals surface area contributed by atoms with Crippen molar-refractivity contribution in [3.8, 4) is 0 Å². The number of hydrogen-bond donors (Lipinski definition) is 0. The summed E-state index contributed by atoms with van der Waals surface area (Å²) < 4.78 is 9.90. The lowest BCUT2D eigenvalue weighted by molar-refractivity contribution is -0.162. The van der Waals surface area contributed by atoms with Crippen molar-refractivity contribution in [2.75, 3.05) is 7.11 Å². The Morgan fingerprint density at radius 3 is 2.60 bits per heavy atom. The second kappa shape index (κ2) is 4.64. The molecule has 0 aromatic rings. The fraction of sp³-hybridized carbons (Fsp3) is 0.818. The van der Waals surface area contributed by atoms with Gasteiger partial charge in [-0.1, -0.05) is 0 Å². The molecule has 1 aliphatic rings. The van der Waals surface area contributed by atoms with E-state index in [4.69, 9.17) is 9.47 Å². The lowest BCUT2D eigenvalue weighted by atomic mass is 9.74. The maximum atomic E-state index is 11.6. The van der Waals surface area contributed by atoms with Gasteiger partial charge in [0.25, 0.3) is 0 Å². The molecule has 4 nitrogen and oxygen atoms in total. The van der Waals surface area contributed by atoms with Crippen molar-refractivity contribution < 1.29 is 19.1 Å². The zero-order valence-electron chi connectivity index (χ0n) is 9.54. The van der Waals surface area contributed by atoms with Crippen LogP contribution in [0.1, 0.15) is 39.5 Å². The van der Waals surface area contributed by atoms with E-state index in [0.717, 1.165) is 19.3 Å². The third kappa shape index (κ3) is 2.94.